The summed E-state index contributed by atoms with van der Waals surface area (Å²) in [5.41, 5.74) is 1.47. The van der Waals surface area contributed by atoms with E-state index in [1.54, 1.807) is 19.1 Å². The highest BCUT2D eigenvalue weighted by atomic mass is 32.2. The molecule has 2 N–H and O–H groups in total. The summed E-state index contributed by atoms with van der Waals surface area (Å²) in [4.78, 5) is 29.1. The topological polar surface area (TPSA) is 130 Å². The van der Waals surface area contributed by atoms with Crippen molar-refractivity contribution < 1.29 is 42.7 Å². The summed E-state index contributed by atoms with van der Waals surface area (Å²) in [6, 6.07) is 0.921. The van der Waals surface area contributed by atoms with Gasteiger partial charge in [-0.15, -0.1) is 0 Å². The maximum atomic E-state index is 12.8. The van der Waals surface area contributed by atoms with Crippen LogP contribution in [0.4, 0.5) is 0 Å². The van der Waals surface area contributed by atoms with E-state index in [2.05, 4.69) is 4.18 Å². The number of nitrogens with two attached hydrogens (primary N) is 1. The van der Waals surface area contributed by atoms with Crippen molar-refractivity contribution in [3.05, 3.63) is 82.8 Å². The Hall–Kier alpha value is -3.42. The number of ketones is 1. The van der Waals surface area contributed by atoms with Gasteiger partial charge in [-0.2, -0.15) is 18.0 Å². The number of rotatable bonds is 5. The number of benzene rings is 2. The van der Waals surface area contributed by atoms with Crippen LogP contribution in [0.5, 0.6) is 0 Å². The van der Waals surface area contributed by atoms with E-state index in [0.29, 0.717) is 0 Å². The molecule has 1 atom stereocenters. The Morgan fingerprint density at radius 3 is 2.39 bits per heavy atom. The molecule has 0 unspecified atom stereocenters. The fourth-order valence-corrected chi connectivity index (χ4v) is 2.72. The number of hydrogen-bond acceptors (Lipinski definition) is 8. The number of Topliss-reactive ketones (excluding diaryl/α,β-unsaturated/α-hetero) is 1. The highest BCUT2D eigenvalue weighted by molar-refractivity contribution is 7.86. The monoisotopic (exact) mass is 411 g/mol. The normalized spacial score (nSPS) is 23.1. The van der Waals surface area contributed by atoms with Gasteiger partial charge in [-0.25, -0.2) is 0 Å². The van der Waals surface area contributed by atoms with Gasteiger partial charge in [0.15, 0.2) is 6.08 Å². The van der Waals surface area contributed by atoms with Gasteiger partial charge in [0.2, 0.25) is 17.4 Å². The zero-order chi connectivity index (χ0) is 27.8. The lowest BCUT2D eigenvalue weighted by Gasteiger charge is -2.10. The second kappa shape index (κ2) is 8.98. The summed E-state index contributed by atoms with van der Waals surface area (Å²) in [7, 11) is -5.55. The van der Waals surface area contributed by atoms with Crippen molar-refractivity contribution in [2.75, 3.05) is 0 Å². The van der Waals surface area contributed by atoms with Gasteiger partial charge >= 0.3 is 16.3 Å². The summed E-state index contributed by atoms with van der Waals surface area (Å²) in [5.74, 6) is -3.39. The van der Waals surface area contributed by atoms with E-state index in [4.69, 9.17) is 31.0 Å². The molecule has 1 aliphatic rings. The Bertz CT molecular complexity index is 1370. The van der Waals surface area contributed by atoms with E-state index in [0.717, 1.165) is 5.56 Å². The molecule has 146 valence electrons. The molecule has 3 rings (SSSR count). The number of hydrogen-bond donors (Lipinski definition) is 1. The highest BCUT2D eigenvalue weighted by Gasteiger charge is 2.39. The third-order valence-electron chi connectivity index (χ3n) is 3.08. The van der Waals surface area contributed by atoms with Crippen LogP contribution >= 0.6 is 0 Å². The average molecular weight is 411 g/mol. The van der Waals surface area contributed by atoms with Crippen LogP contribution in [0.15, 0.2) is 66.1 Å². The van der Waals surface area contributed by atoms with E-state index >= 15 is 0 Å². The van der Waals surface area contributed by atoms with E-state index in [1.807, 2.05) is 0 Å². The first-order valence-corrected chi connectivity index (χ1v) is 8.70. The van der Waals surface area contributed by atoms with Gasteiger partial charge in [0.1, 0.15) is 5.70 Å². The van der Waals surface area contributed by atoms with E-state index in [1.165, 1.54) is 12.1 Å². The molecule has 0 saturated carbocycles. The first kappa shape index (κ1) is 12.1. The van der Waals surface area contributed by atoms with Crippen molar-refractivity contribution in [1.29, 1.82) is 0 Å². The van der Waals surface area contributed by atoms with Crippen LogP contribution in [-0.4, -0.2) is 20.4 Å². The zero-order valence-electron chi connectivity index (χ0n) is 22.2. The van der Waals surface area contributed by atoms with E-state index in [-0.39, 0.29) is 11.7 Å². The third kappa shape index (κ3) is 5.29. The molecule has 1 heterocycles. The van der Waals surface area contributed by atoms with Crippen LogP contribution in [0.2, 0.25) is 0 Å². The SMILES string of the molecule is O=C=O.[2H]c1c([2H])c([2H])c(C([2H])([2H])S(=O)(=O)OC2=C(N)O[C@@]([2H])(c3ccc(C)cc3)C2=O)c([2H])c1[2H]. The molecule has 0 spiro atoms. The summed E-state index contributed by atoms with van der Waals surface area (Å²) in [5, 5.41) is 0. The minimum absolute atomic E-state index is 0.00526. The molecule has 2 aromatic carbocycles. The van der Waals surface area contributed by atoms with Crippen LogP contribution in [0.25, 0.3) is 0 Å². The molecule has 9 heteroatoms. The van der Waals surface area contributed by atoms with Crippen molar-refractivity contribution in [3.63, 3.8) is 0 Å². The zero-order valence-corrected chi connectivity index (χ0v) is 15.0. The van der Waals surface area contributed by atoms with Crippen LogP contribution in [0, 0.1) is 6.92 Å². The molecule has 1 aliphatic heterocycles. The molecule has 0 radical (unpaired) electrons. The Kier molecular flexibility index (Phi) is 3.89. The van der Waals surface area contributed by atoms with Crippen LogP contribution < -0.4 is 5.73 Å². The van der Waals surface area contributed by atoms with Crippen LogP contribution in [0.3, 0.4) is 0 Å². The van der Waals surface area contributed by atoms with Crippen molar-refractivity contribution in [1.82, 2.24) is 0 Å². The van der Waals surface area contributed by atoms with Crippen molar-refractivity contribution >= 4 is 22.1 Å². The molecular weight excluding hydrogens is 386 g/mol. The number of carbonyl (C=O) groups excluding carboxylic acids is 3. The maximum Gasteiger partial charge on any atom is 0.373 e. The van der Waals surface area contributed by atoms with Gasteiger partial charge in [-0.3, -0.25) is 4.79 Å². The second-order valence-corrected chi connectivity index (χ2v) is 6.32. The van der Waals surface area contributed by atoms with Crippen LogP contribution in [-0.2, 0) is 39.1 Å². The molecule has 0 aliphatic carbocycles. The fourth-order valence-electron chi connectivity index (χ4n) is 1.95. The highest BCUT2D eigenvalue weighted by Crippen LogP contribution is 2.32. The second-order valence-electron chi connectivity index (χ2n) is 5.04. The van der Waals surface area contributed by atoms with Gasteiger partial charge in [-0.1, -0.05) is 60.0 Å². The van der Waals surface area contributed by atoms with Crippen molar-refractivity contribution in [2.45, 2.75) is 18.7 Å². The summed E-state index contributed by atoms with van der Waals surface area (Å²) >= 11 is 0. The number of carbonyl (C=O) groups is 1. The molecule has 0 amide bonds. The minimum atomic E-state index is -5.55. The van der Waals surface area contributed by atoms with Gasteiger partial charge < -0.3 is 14.7 Å². The van der Waals surface area contributed by atoms with Gasteiger partial charge in [0.05, 0.1) is 11.0 Å². The molecule has 0 fully saturated rings. The predicted molar refractivity (Wildman–Crippen MR) is 96.4 cm³/mol. The lowest BCUT2D eigenvalue weighted by molar-refractivity contribution is -0.191. The Labute approximate surface area is 172 Å². The van der Waals surface area contributed by atoms with Crippen LogP contribution in [0.1, 0.15) is 33.7 Å². The Balaban J connectivity index is 0.00000145. The first-order chi connectivity index (χ1) is 16.5. The molecule has 8 nitrogen and oxygen atoms in total. The number of aryl methyl sites for hydroxylation is 1. The van der Waals surface area contributed by atoms with E-state index < -0.39 is 75.1 Å². The van der Waals surface area contributed by atoms with Gasteiger partial charge in [0.25, 0.3) is 0 Å². The van der Waals surface area contributed by atoms with Crippen molar-refractivity contribution in [3.8, 4) is 0 Å². The van der Waals surface area contributed by atoms with Gasteiger partial charge in [-0.05, 0) is 12.5 Å². The molecular formula is C19H17NO7S. The summed E-state index contributed by atoms with van der Waals surface area (Å²) in [6.07, 6.45) is -2.24. The largest absolute Gasteiger partial charge is 0.460 e. The van der Waals surface area contributed by atoms with E-state index in [9.17, 15) is 13.2 Å². The Morgan fingerprint density at radius 1 is 1.25 bits per heavy atom. The fraction of sp³-hybridized carbons (Fsp3) is 0.158. The molecule has 0 bridgehead atoms. The molecule has 28 heavy (non-hydrogen) atoms. The molecule has 2 aromatic rings. The van der Waals surface area contributed by atoms with Crippen molar-refractivity contribution in [2.24, 2.45) is 5.73 Å². The lowest BCUT2D eigenvalue weighted by atomic mass is 10.0. The first-order valence-electron chi connectivity index (χ1n) is 11.3. The quantitative estimate of drug-likeness (QED) is 0.736. The predicted octanol–water partition coefficient (Wildman–Crippen LogP) is 1.73. The third-order valence-corrected chi connectivity index (χ3v) is 3.92. The maximum absolute atomic E-state index is 12.8. The Morgan fingerprint density at radius 2 is 1.82 bits per heavy atom. The summed E-state index contributed by atoms with van der Waals surface area (Å²) < 4.78 is 98.2. The molecule has 0 aromatic heterocycles. The summed E-state index contributed by atoms with van der Waals surface area (Å²) in [6.45, 7) is 1.76. The van der Waals surface area contributed by atoms with Gasteiger partial charge in [0, 0.05) is 5.56 Å². The standard InChI is InChI=1S/C18H17NO5S.CO2/c1-12-7-9-14(10-8-12)16-15(20)17(18(19)23-16)24-25(21,22)11-13-5-3-2-4-6-13;2-1-3/h2-10,16H,11,19H2,1H3;/t16-;/m0./s1/i2D,3D,4D,5D,6D,11D2,16D;. The lowest BCUT2D eigenvalue weighted by Crippen LogP contribution is -2.16. The molecule has 0 saturated heterocycles. The minimum Gasteiger partial charge on any atom is -0.460 e. The smallest absolute Gasteiger partial charge is 0.373 e. The average Bonchev–Trinajstić information content (AvgIpc) is 3.00. The number of ether oxygens (including phenoxy) is 1.